The monoisotopic (exact) mass is 411 g/mol. The second-order valence-electron chi connectivity index (χ2n) is 6.26. The molecule has 1 aromatic carbocycles. The fourth-order valence-corrected chi connectivity index (χ4v) is 3.06. The number of aryl methyl sites for hydroxylation is 1. The van der Waals surface area contributed by atoms with Crippen LogP contribution >= 0.6 is 11.6 Å². The molecule has 3 aromatic rings. The number of ether oxygens (including phenoxy) is 1. The van der Waals surface area contributed by atoms with Gasteiger partial charge in [-0.2, -0.15) is 4.98 Å². The minimum Gasteiger partial charge on any atom is -0.480 e. The molecule has 7 nitrogen and oxygen atoms in total. The average molecular weight is 412 g/mol. The molecule has 28 heavy (non-hydrogen) atoms. The summed E-state index contributed by atoms with van der Waals surface area (Å²) >= 11 is 5.69. The highest BCUT2D eigenvalue weighted by Gasteiger charge is 2.35. The van der Waals surface area contributed by atoms with Crippen LogP contribution in [0.25, 0.3) is 10.9 Å². The lowest BCUT2D eigenvalue weighted by Gasteiger charge is -2.15. The van der Waals surface area contributed by atoms with E-state index in [9.17, 15) is 18.0 Å². The van der Waals surface area contributed by atoms with E-state index in [4.69, 9.17) is 16.3 Å². The van der Waals surface area contributed by atoms with Gasteiger partial charge in [-0.3, -0.25) is 4.79 Å². The number of halogens is 4. The normalized spacial score (nSPS) is 15.3. The van der Waals surface area contributed by atoms with Gasteiger partial charge in [0.25, 0.3) is 11.5 Å². The minimum atomic E-state index is -3.13. The maximum Gasteiger partial charge on any atom is 0.298 e. The lowest BCUT2D eigenvalue weighted by Crippen LogP contribution is -2.31. The van der Waals surface area contributed by atoms with E-state index < -0.39 is 30.5 Å². The summed E-state index contributed by atoms with van der Waals surface area (Å²) < 4.78 is 47.8. The Bertz CT molecular complexity index is 1150. The summed E-state index contributed by atoms with van der Waals surface area (Å²) in [5, 5.41) is 5.67. The van der Waals surface area contributed by atoms with Gasteiger partial charge in [0.1, 0.15) is 0 Å². The average Bonchev–Trinajstić information content (AvgIpc) is 2.81. The third-order valence-corrected chi connectivity index (χ3v) is 4.46. The third kappa shape index (κ3) is 3.19. The van der Waals surface area contributed by atoms with E-state index in [1.54, 1.807) is 18.2 Å². The first-order chi connectivity index (χ1) is 13.2. The number of nitrogens with zero attached hydrogens (tertiary/aromatic N) is 3. The Labute approximate surface area is 161 Å². The van der Waals surface area contributed by atoms with Crippen molar-refractivity contribution in [3.05, 3.63) is 45.9 Å². The van der Waals surface area contributed by atoms with Crippen LogP contribution in [0.2, 0.25) is 5.28 Å². The number of pyridine rings is 1. The fraction of sp³-hybridized carbons (Fsp3) is 0.235. The molecule has 0 aliphatic carbocycles. The molecule has 3 heterocycles. The first kappa shape index (κ1) is 18.4. The molecule has 1 aliphatic heterocycles. The Morgan fingerprint density at radius 2 is 2.18 bits per heavy atom. The molecular formula is C17H13ClF3N5O2. The van der Waals surface area contributed by atoms with Gasteiger partial charge >= 0.3 is 0 Å². The van der Waals surface area contributed by atoms with Gasteiger partial charge in [0.05, 0.1) is 23.9 Å². The predicted molar refractivity (Wildman–Crippen MR) is 98.4 cm³/mol. The summed E-state index contributed by atoms with van der Waals surface area (Å²) in [4.78, 5) is 19.8. The maximum absolute atomic E-state index is 13.9. The lowest BCUT2D eigenvalue weighted by atomic mass is 10.1. The summed E-state index contributed by atoms with van der Waals surface area (Å²) in [6.07, 6.45) is 0.923. The highest BCUT2D eigenvalue weighted by Crippen LogP contribution is 2.35. The van der Waals surface area contributed by atoms with Gasteiger partial charge in [-0.1, -0.05) is 0 Å². The minimum absolute atomic E-state index is 0.141. The number of nitrogens with one attached hydrogen (secondary N) is 2. The number of anilines is 3. The first-order valence-electron chi connectivity index (χ1n) is 8.11. The quantitative estimate of drug-likeness (QED) is 0.630. The zero-order chi connectivity index (χ0) is 20.1. The number of benzene rings is 1. The van der Waals surface area contributed by atoms with Crippen LogP contribution in [-0.2, 0) is 7.05 Å². The molecule has 11 heteroatoms. The highest BCUT2D eigenvalue weighted by atomic mass is 35.5. The summed E-state index contributed by atoms with van der Waals surface area (Å²) in [5.74, 6) is -4.19. The van der Waals surface area contributed by atoms with Crippen molar-refractivity contribution in [2.45, 2.75) is 5.92 Å². The van der Waals surface area contributed by atoms with Crippen molar-refractivity contribution in [3.8, 4) is 5.75 Å². The molecule has 0 atom stereocenters. The second-order valence-corrected chi connectivity index (χ2v) is 6.60. The molecule has 0 bridgehead atoms. The Kier molecular flexibility index (Phi) is 4.30. The molecule has 0 saturated carbocycles. The van der Waals surface area contributed by atoms with Crippen LogP contribution in [0.5, 0.6) is 5.75 Å². The first-order valence-corrected chi connectivity index (χ1v) is 8.49. The van der Waals surface area contributed by atoms with Crippen molar-refractivity contribution < 1.29 is 17.9 Å². The van der Waals surface area contributed by atoms with Gasteiger partial charge in [0.2, 0.25) is 11.0 Å². The van der Waals surface area contributed by atoms with Crippen LogP contribution in [0.15, 0.2) is 29.2 Å². The Balaban J connectivity index is 1.85. The second kappa shape index (κ2) is 6.55. The molecule has 146 valence electrons. The van der Waals surface area contributed by atoms with E-state index in [0.717, 1.165) is 6.20 Å². The summed E-state index contributed by atoms with van der Waals surface area (Å²) in [5.41, 5.74) is 0.499. The summed E-state index contributed by atoms with van der Waals surface area (Å²) in [6.45, 7) is -1.59. The summed E-state index contributed by atoms with van der Waals surface area (Å²) in [6, 6.07) is 4.77. The van der Waals surface area contributed by atoms with Crippen molar-refractivity contribution in [3.63, 3.8) is 0 Å². The fourth-order valence-electron chi connectivity index (χ4n) is 2.92. The van der Waals surface area contributed by atoms with Gasteiger partial charge in [-0.25, -0.2) is 18.2 Å². The van der Waals surface area contributed by atoms with Crippen LogP contribution in [-0.4, -0.2) is 33.6 Å². The number of fused-ring (bicyclic) bond motifs is 3. The predicted octanol–water partition coefficient (Wildman–Crippen LogP) is 3.30. The van der Waals surface area contributed by atoms with Crippen molar-refractivity contribution in [1.29, 1.82) is 0 Å². The van der Waals surface area contributed by atoms with E-state index in [0.29, 0.717) is 16.6 Å². The van der Waals surface area contributed by atoms with Gasteiger partial charge in [-0.05, 0) is 29.8 Å². The van der Waals surface area contributed by atoms with E-state index in [1.807, 2.05) is 0 Å². The number of rotatable bonds is 2. The standard InChI is InChI=1S/C17H13ClF3N5O2/c1-26-11-3-2-8(24-14-10(19)5-22-16(18)25-14)4-9(11)12-13(15(26)27)28-7-17(20,21)6-23-12/h2-5,23H,6-7H2,1H3,(H,22,24,25). The van der Waals surface area contributed by atoms with E-state index in [-0.39, 0.29) is 22.5 Å². The molecule has 0 amide bonds. The van der Waals surface area contributed by atoms with E-state index >= 15 is 0 Å². The van der Waals surface area contributed by atoms with Crippen molar-refractivity contribution in [2.24, 2.45) is 7.05 Å². The molecule has 0 unspecified atom stereocenters. The summed E-state index contributed by atoms with van der Waals surface area (Å²) in [7, 11) is 1.51. The Morgan fingerprint density at radius 3 is 2.96 bits per heavy atom. The topological polar surface area (TPSA) is 81.1 Å². The number of hydrogen-bond acceptors (Lipinski definition) is 6. The zero-order valence-corrected chi connectivity index (χ0v) is 15.1. The Morgan fingerprint density at radius 1 is 1.39 bits per heavy atom. The van der Waals surface area contributed by atoms with Crippen LogP contribution in [0, 0.1) is 5.82 Å². The molecule has 0 saturated heterocycles. The lowest BCUT2D eigenvalue weighted by molar-refractivity contribution is -0.0251. The Hall–Kier alpha value is -3.01. The molecular weight excluding hydrogens is 399 g/mol. The van der Waals surface area contributed by atoms with Gasteiger partial charge in [0, 0.05) is 18.1 Å². The smallest absolute Gasteiger partial charge is 0.298 e. The van der Waals surface area contributed by atoms with Crippen molar-refractivity contribution >= 4 is 39.7 Å². The van der Waals surface area contributed by atoms with Crippen LogP contribution < -0.4 is 20.9 Å². The van der Waals surface area contributed by atoms with Crippen LogP contribution in [0.1, 0.15) is 0 Å². The largest absolute Gasteiger partial charge is 0.480 e. The van der Waals surface area contributed by atoms with Crippen LogP contribution in [0.3, 0.4) is 0 Å². The van der Waals surface area contributed by atoms with E-state index in [2.05, 4.69) is 20.6 Å². The van der Waals surface area contributed by atoms with Gasteiger partial charge in [-0.15, -0.1) is 0 Å². The SMILES string of the molecule is Cn1c(=O)c2c(c3cc(Nc4nc(Cl)ncc4F)ccc31)NCC(F)(F)CO2. The van der Waals surface area contributed by atoms with E-state index in [1.165, 1.54) is 11.6 Å². The van der Waals surface area contributed by atoms with Crippen molar-refractivity contribution in [1.82, 2.24) is 14.5 Å². The molecule has 1 aliphatic rings. The highest BCUT2D eigenvalue weighted by molar-refractivity contribution is 6.28. The molecule has 2 N–H and O–H groups in total. The molecule has 4 rings (SSSR count). The number of hydrogen-bond donors (Lipinski definition) is 2. The van der Waals surface area contributed by atoms with Gasteiger partial charge in [0.15, 0.2) is 18.2 Å². The number of alkyl halides is 2. The van der Waals surface area contributed by atoms with Crippen molar-refractivity contribution in [2.75, 3.05) is 23.8 Å². The molecule has 0 radical (unpaired) electrons. The zero-order valence-electron chi connectivity index (χ0n) is 14.4. The van der Waals surface area contributed by atoms with Crippen LogP contribution in [0.4, 0.5) is 30.4 Å². The molecule has 2 aromatic heterocycles. The third-order valence-electron chi connectivity index (χ3n) is 4.28. The molecule has 0 fully saturated rings. The number of aromatic nitrogens is 3. The van der Waals surface area contributed by atoms with Gasteiger partial charge < -0.3 is 19.9 Å². The maximum atomic E-state index is 13.9. The molecule has 0 spiro atoms.